The van der Waals surface area contributed by atoms with Gasteiger partial charge in [0, 0.05) is 11.3 Å². The van der Waals surface area contributed by atoms with E-state index in [0.717, 1.165) is 0 Å². The van der Waals surface area contributed by atoms with Crippen molar-refractivity contribution in [2.24, 2.45) is 22.2 Å². The molecule has 0 fully saturated rings. The molecular weight excluding hydrogens is 334 g/mol. The molecule has 0 aliphatic heterocycles. The Balaban J connectivity index is 2.54. The van der Waals surface area contributed by atoms with Crippen molar-refractivity contribution in [3.8, 4) is 0 Å². The van der Waals surface area contributed by atoms with Gasteiger partial charge in [-0.3, -0.25) is 9.69 Å². The molecule has 2 aromatic rings. The maximum absolute atomic E-state index is 12.0. The molecule has 2 rings (SSSR count). The summed E-state index contributed by atoms with van der Waals surface area (Å²) in [5, 5.41) is 0.465. The van der Waals surface area contributed by atoms with Crippen molar-refractivity contribution in [2.45, 2.75) is 0 Å². The molecular formula is C15H14ClN5OS. The lowest BCUT2D eigenvalue weighted by molar-refractivity contribution is 0.100. The average Bonchev–Trinajstić information content (AvgIpc) is 2.49. The largest absolute Gasteiger partial charge is 0.376 e. The third-order valence-electron chi connectivity index (χ3n) is 2.90. The van der Waals surface area contributed by atoms with Crippen molar-refractivity contribution in [2.75, 3.05) is 4.90 Å². The van der Waals surface area contributed by atoms with Crippen LogP contribution in [0.1, 0.15) is 10.4 Å². The van der Waals surface area contributed by atoms with Crippen LogP contribution in [0.15, 0.2) is 53.5 Å². The van der Waals surface area contributed by atoms with E-state index in [9.17, 15) is 4.79 Å². The van der Waals surface area contributed by atoms with Crippen LogP contribution in [0.3, 0.4) is 0 Å². The second-order valence-electron chi connectivity index (χ2n) is 4.52. The maximum atomic E-state index is 12.0. The van der Waals surface area contributed by atoms with Crippen LogP contribution in [0.4, 0.5) is 11.4 Å². The monoisotopic (exact) mass is 347 g/mol. The van der Waals surface area contributed by atoms with Crippen molar-refractivity contribution >= 4 is 52.2 Å². The van der Waals surface area contributed by atoms with Crippen LogP contribution < -0.4 is 22.1 Å². The molecule has 1 amide bonds. The van der Waals surface area contributed by atoms with Gasteiger partial charge in [0.15, 0.2) is 11.1 Å². The van der Waals surface area contributed by atoms with Crippen LogP contribution in [0, 0.1) is 0 Å². The van der Waals surface area contributed by atoms with Gasteiger partial charge in [-0.05, 0) is 42.5 Å². The molecule has 23 heavy (non-hydrogen) atoms. The summed E-state index contributed by atoms with van der Waals surface area (Å²) in [7, 11) is 0. The lowest BCUT2D eigenvalue weighted by Crippen LogP contribution is -2.31. The van der Waals surface area contributed by atoms with E-state index in [1.165, 1.54) is 12.1 Å². The summed E-state index contributed by atoms with van der Waals surface area (Å²) in [5.41, 5.74) is 17.7. The predicted molar refractivity (Wildman–Crippen MR) is 97.0 cm³/mol. The number of nitrogens with zero attached hydrogens (tertiary/aromatic N) is 2. The Bertz CT molecular complexity index is 775. The van der Waals surface area contributed by atoms with E-state index in [2.05, 4.69) is 4.99 Å². The Kier molecular flexibility index (Phi) is 5.15. The number of carbonyl (C=O) groups excluding carboxylic acids is 1. The number of benzene rings is 2. The van der Waals surface area contributed by atoms with E-state index >= 15 is 0 Å². The van der Waals surface area contributed by atoms with Gasteiger partial charge in [0.1, 0.15) is 0 Å². The lowest BCUT2D eigenvalue weighted by atomic mass is 10.1. The molecule has 118 valence electrons. The zero-order chi connectivity index (χ0) is 17.0. The Morgan fingerprint density at radius 2 is 1.74 bits per heavy atom. The summed E-state index contributed by atoms with van der Waals surface area (Å²) in [6.45, 7) is 0. The van der Waals surface area contributed by atoms with E-state index in [4.69, 9.17) is 41.0 Å². The first-order valence-corrected chi connectivity index (χ1v) is 7.27. The smallest absolute Gasteiger partial charge is 0.280 e. The summed E-state index contributed by atoms with van der Waals surface area (Å²) in [6, 6.07) is 13.8. The molecule has 0 bridgehead atoms. The molecule has 0 heterocycles. The molecule has 0 aromatic heterocycles. The molecule has 0 aliphatic rings. The van der Waals surface area contributed by atoms with Crippen molar-refractivity contribution < 1.29 is 4.79 Å². The molecule has 6 nitrogen and oxygen atoms in total. The van der Waals surface area contributed by atoms with Crippen LogP contribution in [-0.4, -0.2) is 17.0 Å². The Morgan fingerprint density at radius 1 is 1.09 bits per heavy atom. The highest BCUT2D eigenvalue weighted by Crippen LogP contribution is 2.32. The lowest BCUT2D eigenvalue weighted by Gasteiger charge is -2.24. The molecule has 8 heteroatoms. The first kappa shape index (κ1) is 16.7. The molecule has 0 saturated heterocycles. The number of aliphatic imine (C=N–C) groups is 1. The Morgan fingerprint density at radius 3 is 2.30 bits per heavy atom. The van der Waals surface area contributed by atoms with Crippen molar-refractivity contribution in [1.82, 2.24) is 0 Å². The molecule has 0 radical (unpaired) electrons. The van der Waals surface area contributed by atoms with Gasteiger partial charge in [-0.1, -0.05) is 29.8 Å². The minimum absolute atomic E-state index is 0.0875. The number of amides is 1. The summed E-state index contributed by atoms with van der Waals surface area (Å²) in [4.78, 5) is 17.0. The summed E-state index contributed by atoms with van der Waals surface area (Å²) < 4.78 is 0. The van der Waals surface area contributed by atoms with Gasteiger partial charge in [0.25, 0.3) is 5.91 Å². The Hall–Kier alpha value is -2.64. The quantitative estimate of drug-likeness (QED) is 0.445. The average molecular weight is 348 g/mol. The van der Waals surface area contributed by atoms with Crippen LogP contribution in [-0.2, 0) is 0 Å². The van der Waals surface area contributed by atoms with E-state index < -0.39 is 5.91 Å². The number of halogens is 1. The first-order valence-electron chi connectivity index (χ1n) is 6.48. The zero-order valence-electron chi connectivity index (χ0n) is 11.9. The highest BCUT2D eigenvalue weighted by atomic mass is 35.5. The number of anilines is 2. The van der Waals surface area contributed by atoms with E-state index in [0.29, 0.717) is 16.4 Å². The topological polar surface area (TPSA) is 111 Å². The number of thiocarbonyl (C=S) groups is 1. The number of hydrogen-bond acceptors (Lipinski definition) is 2. The van der Waals surface area contributed by atoms with E-state index in [-0.39, 0.29) is 16.6 Å². The summed E-state index contributed by atoms with van der Waals surface area (Å²) in [6.07, 6.45) is 0. The van der Waals surface area contributed by atoms with Gasteiger partial charge < -0.3 is 17.2 Å². The summed E-state index contributed by atoms with van der Waals surface area (Å²) in [5.74, 6) is -0.903. The molecule has 0 atom stereocenters. The van der Waals surface area contributed by atoms with Crippen molar-refractivity contribution in [3.05, 3.63) is 59.1 Å². The third kappa shape index (κ3) is 3.97. The van der Waals surface area contributed by atoms with E-state index in [1.54, 1.807) is 11.0 Å². The van der Waals surface area contributed by atoms with Crippen molar-refractivity contribution in [3.63, 3.8) is 0 Å². The Labute approximate surface area is 143 Å². The van der Waals surface area contributed by atoms with Crippen LogP contribution in [0.5, 0.6) is 0 Å². The minimum Gasteiger partial charge on any atom is -0.376 e. The number of carbonyl (C=O) groups is 1. The van der Waals surface area contributed by atoms with Gasteiger partial charge in [-0.2, -0.15) is 4.99 Å². The van der Waals surface area contributed by atoms with Gasteiger partial charge in [0.2, 0.25) is 0 Å². The fourth-order valence-corrected chi connectivity index (χ4v) is 2.37. The standard InChI is InChI=1S/C15H14ClN5OS/c16-11-7-6-9(13(22)20-14(17)18)8-12(11)21(15(19)23)10-4-2-1-3-5-10/h1-8H,(H2,19,23)(H4,17,18,20,22). The number of rotatable bonds is 3. The molecule has 0 unspecified atom stereocenters. The summed E-state index contributed by atoms with van der Waals surface area (Å²) >= 11 is 11.4. The van der Waals surface area contributed by atoms with Gasteiger partial charge in [-0.25, -0.2) is 0 Å². The SMILES string of the molecule is NC(=S)N(c1ccccc1)c1cc(C(=O)N=C(N)N)ccc1Cl. The van der Waals surface area contributed by atoms with Crippen LogP contribution in [0.25, 0.3) is 0 Å². The van der Waals surface area contributed by atoms with Crippen LogP contribution >= 0.6 is 23.8 Å². The first-order chi connectivity index (χ1) is 10.9. The van der Waals surface area contributed by atoms with Crippen molar-refractivity contribution in [1.29, 1.82) is 0 Å². The second kappa shape index (κ2) is 7.08. The second-order valence-corrected chi connectivity index (χ2v) is 5.34. The maximum Gasteiger partial charge on any atom is 0.280 e. The number of nitrogens with two attached hydrogens (primary N) is 3. The number of hydrogen-bond donors (Lipinski definition) is 3. The molecule has 0 spiro atoms. The molecule has 2 aromatic carbocycles. The number of para-hydroxylation sites is 1. The predicted octanol–water partition coefficient (Wildman–Crippen LogP) is 2.14. The highest BCUT2D eigenvalue weighted by Gasteiger charge is 2.17. The van der Waals surface area contributed by atoms with E-state index in [1.807, 2.05) is 30.3 Å². The fourth-order valence-electron chi connectivity index (χ4n) is 1.96. The van der Waals surface area contributed by atoms with Crippen LogP contribution in [0.2, 0.25) is 5.02 Å². The molecule has 6 N–H and O–H groups in total. The van der Waals surface area contributed by atoms with Gasteiger partial charge in [0.05, 0.1) is 10.7 Å². The number of guanidine groups is 1. The highest BCUT2D eigenvalue weighted by molar-refractivity contribution is 7.80. The van der Waals surface area contributed by atoms with Gasteiger partial charge in [-0.15, -0.1) is 0 Å². The fraction of sp³-hybridized carbons (Fsp3) is 0. The van der Waals surface area contributed by atoms with Gasteiger partial charge >= 0.3 is 0 Å². The zero-order valence-corrected chi connectivity index (χ0v) is 13.5. The minimum atomic E-state index is -0.584. The molecule has 0 saturated carbocycles. The third-order valence-corrected chi connectivity index (χ3v) is 3.40. The normalized spacial score (nSPS) is 9.96. The molecule has 0 aliphatic carbocycles.